The lowest BCUT2D eigenvalue weighted by molar-refractivity contribution is -0.131. The lowest BCUT2D eigenvalue weighted by Gasteiger charge is -2.18. The van der Waals surface area contributed by atoms with Gasteiger partial charge in [-0.1, -0.05) is 125 Å². The molecule has 0 aromatic rings. The first-order valence-electron chi connectivity index (χ1n) is 15.8. The quantitative estimate of drug-likeness (QED) is 0.0911. The van der Waals surface area contributed by atoms with Crippen LogP contribution in [-0.4, -0.2) is 29.2 Å². The van der Waals surface area contributed by atoms with Crippen LogP contribution in [0.4, 0.5) is 0 Å². The summed E-state index contributed by atoms with van der Waals surface area (Å²) in [6.45, 7) is 19.9. The number of carbonyl (C=O) groups excluding carboxylic acids is 1. The molecule has 0 aliphatic rings. The largest absolute Gasteiger partial charge is 0.390 e. The first kappa shape index (κ1) is 40.7. The van der Waals surface area contributed by atoms with E-state index in [1.54, 1.807) is 27.0 Å². The number of hydrogen-bond donors (Lipinski definition) is 1. The Kier molecular flexibility index (Phi) is 20.6. The molecule has 0 unspecified atom stereocenters. The van der Waals surface area contributed by atoms with E-state index in [-0.39, 0.29) is 5.78 Å². The second-order valence-corrected chi connectivity index (χ2v) is 12.8. The summed E-state index contributed by atoms with van der Waals surface area (Å²) in [5.74, 6) is -0.0562. The van der Waals surface area contributed by atoms with Crippen LogP contribution in [-0.2, 0) is 9.53 Å². The van der Waals surface area contributed by atoms with Gasteiger partial charge in [-0.3, -0.25) is 4.79 Å². The number of allylic oxidation sites excluding steroid dienone is 21. The van der Waals surface area contributed by atoms with Crippen LogP contribution in [0.1, 0.15) is 101 Å². The Labute approximate surface area is 270 Å². The van der Waals surface area contributed by atoms with Crippen molar-refractivity contribution >= 4 is 5.78 Å². The van der Waals surface area contributed by atoms with E-state index in [0.717, 1.165) is 43.3 Å². The highest BCUT2D eigenvalue weighted by molar-refractivity contribution is 5.96. The van der Waals surface area contributed by atoms with Crippen LogP contribution in [0.3, 0.4) is 0 Å². The summed E-state index contributed by atoms with van der Waals surface area (Å²) >= 11 is 0. The van der Waals surface area contributed by atoms with Crippen LogP contribution in [0, 0.1) is 0 Å². The zero-order chi connectivity index (χ0) is 33.6. The Bertz CT molecular complexity index is 1220. The molecule has 3 heteroatoms. The van der Waals surface area contributed by atoms with Crippen molar-refractivity contribution in [2.24, 2.45) is 0 Å². The normalized spacial score (nSPS) is 15.8. The molecule has 0 amide bonds. The van der Waals surface area contributed by atoms with Crippen molar-refractivity contribution < 1.29 is 14.6 Å². The smallest absolute Gasteiger partial charge is 0.186 e. The van der Waals surface area contributed by atoms with Crippen LogP contribution in [0.15, 0.2) is 131 Å². The van der Waals surface area contributed by atoms with Crippen molar-refractivity contribution in [1.82, 2.24) is 0 Å². The van der Waals surface area contributed by atoms with Gasteiger partial charge in [0.25, 0.3) is 0 Å². The lowest BCUT2D eigenvalue weighted by atomic mass is 9.99. The first-order chi connectivity index (χ1) is 20.6. The van der Waals surface area contributed by atoms with Gasteiger partial charge in [0.15, 0.2) is 5.78 Å². The number of aliphatic hydroxyl groups is 1. The average Bonchev–Trinajstić information content (AvgIpc) is 2.93. The highest BCUT2D eigenvalue weighted by Gasteiger charge is 2.23. The van der Waals surface area contributed by atoms with Crippen LogP contribution in [0.2, 0.25) is 0 Å². The topological polar surface area (TPSA) is 46.5 Å². The van der Waals surface area contributed by atoms with Gasteiger partial charge in [-0.05, 0) is 107 Å². The molecule has 0 bridgehead atoms. The van der Waals surface area contributed by atoms with Gasteiger partial charge < -0.3 is 9.84 Å². The zero-order valence-electron chi connectivity index (χ0n) is 29.5. The Morgan fingerprint density at radius 1 is 0.614 bits per heavy atom. The number of methoxy groups -OCH3 is 1. The molecule has 0 aromatic heterocycles. The number of ketones is 1. The lowest BCUT2D eigenvalue weighted by Crippen LogP contribution is -2.32. The maximum absolute atomic E-state index is 12.1. The molecule has 0 spiro atoms. The van der Waals surface area contributed by atoms with E-state index in [1.165, 1.54) is 22.3 Å². The molecule has 0 heterocycles. The van der Waals surface area contributed by atoms with E-state index in [0.29, 0.717) is 0 Å². The summed E-state index contributed by atoms with van der Waals surface area (Å²) in [4.78, 5) is 12.1. The molecule has 0 aliphatic carbocycles. The van der Waals surface area contributed by atoms with Crippen LogP contribution in [0.5, 0.6) is 0 Å². The van der Waals surface area contributed by atoms with Gasteiger partial charge in [0, 0.05) is 7.11 Å². The highest BCUT2D eigenvalue weighted by Crippen LogP contribution is 2.17. The van der Waals surface area contributed by atoms with Crippen LogP contribution >= 0.6 is 0 Å². The molecular formula is C41H60O3. The Balaban J connectivity index is 4.71. The molecule has 0 saturated carbocycles. The molecule has 1 N–H and O–H groups in total. The van der Waals surface area contributed by atoms with E-state index in [1.807, 2.05) is 45.1 Å². The van der Waals surface area contributed by atoms with E-state index in [4.69, 9.17) is 4.74 Å². The van der Waals surface area contributed by atoms with Crippen LogP contribution < -0.4 is 0 Å². The molecule has 0 aromatic carbocycles. The molecule has 3 nitrogen and oxygen atoms in total. The van der Waals surface area contributed by atoms with Crippen LogP contribution in [0.25, 0.3) is 0 Å². The van der Waals surface area contributed by atoms with Crippen molar-refractivity contribution in [2.75, 3.05) is 7.11 Å². The van der Waals surface area contributed by atoms with Gasteiger partial charge in [0.05, 0.1) is 5.60 Å². The fourth-order valence-electron chi connectivity index (χ4n) is 3.74. The fourth-order valence-corrected chi connectivity index (χ4v) is 3.74. The van der Waals surface area contributed by atoms with Crippen molar-refractivity contribution in [1.29, 1.82) is 0 Å². The van der Waals surface area contributed by atoms with Gasteiger partial charge in [0.1, 0.15) is 5.60 Å². The monoisotopic (exact) mass is 600 g/mol. The standard InChI is InChI=1S/C41H60O3/c1-33(21-14-23-35(3)25-16-27-37(5)29-18-32-40(7,8)43)19-12-13-20-34(2)22-15-24-36(4)26-17-28-38(6)30-31-39(42)41(9,10)44-11/h12-15,17,19-24,26-28,30-31,43H,16,18,25,29,32H2,1-11H3/b13-12+,21-14+,22-15+,26-17+,31-30+,33-19+,34-20+,35-23+,36-24+,37-27+,38-28+. The molecule has 0 radical (unpaired) electrons. The van der Waals surface area contributed by atoms with Gasteiger partial charge in [-0.15, -0.1) is 0 Å². The van der Waals surface area contributed by atoms with Gasteiger partial charge in [0.2, 0.25) is 0 Å². The second-order valence-electron chi connectivity index (χ2n) is 12.8. The average molecular weight is 601 g/mol. The summed E-state index contributed by atoms with van der Waals surface area (Å²) in [5, 5.41) is 9.83. The third-order valence-electron chi connectivity index (χ3n) is 7.00. The summed E-state index contributed by atoms with van der Waals surface area (Å²) in [6.07, 6.45) is 37.8. The number of rotatable bonds is 19. The molecule has 0 saturated heterocycles. The molecule has 0 rings (SSSR count). The van der Waals surface area contributed by atoms with Gasteiger partial charge in [-0.2, -0.15) is 0 Å². The number of hydrogen-bond acceptors (Lipinski definition) is 3. The Hall–Kier alpha value is -3.27. The summed E-state index contributed by atoms with van der Waals surface area (Å²) in [6, 6.07) is 0. The van der Waals surface area contributed by atoms with Crippen molar-refractivity contribution in [3.63, 3.8) is 0 Å². The van der Waals surface area contributed by atoms with E-state index in [9.17, 15) is 9.90 Å². The molecular weight excluding hydrogens is 540 g/mol. The maximum atomic E-state index is 12.1. The summed E-state index contributed by atoms with van der Waals surface area (Å²) in [7, 11) is 1.54. The molecule has 44 heavy (non-hydrogen) atoms. The number of ether oxygens (including phenoxy) is 1. The van der Waals surface area contributed by atoms with Gasteiger partial charge >= 0.3 is 0 Å². The maximum Gasteiger partial charge on any atom is 0.186 e. The first-order valence-corrected chi connectivity index (χ1v) is 15.8. The molecule has 0 fully saturated rings. The predicted molar refractivity (Wildman–Crippen MR) is 194 cm³/mol. The van der Waals surface area contributed by atoms with Crippen molar-refractivity contribution in [3.8, 4) is 0 Å². The number of carbonyl (C=O) groups is 1. The van der Waals surface area contributed by atoms with E-state index in [2.05, 4.69) is 101 Å². The minimum atomic E-state index is -0.802. The highest BCUT2D eigenvalue weighted by atomic mass is 16.5. The SMILES string of the molecule is COC(C)(C)C(=O)/C=C/C(C)=C/C=C/C(C)=C/C=C/C(C)=C/C=C/C=C(C)/C=C/C=C(\C)CC/C=C(\C)CCCC(C)(C)O. The van der Waals surface area contributed by atoms with E-state index < -0.39 is 11.2 Å². The second kappa shape index (κ2) is 22.3. The minimum absolute atomic E-state index is 0.0562. The van der Waals surface area contributed by atoms with E-state index >= 15 is 0 Å². The fraction of sp³-hybridized carbons (Fsp3) is 0.439. The van der Waals surface area contributed by atoms with Crippen molar-refractivity contribution in [3.05, 3.63) is 131 Å². The van der Waals surface area contributed by atoms with Gasteiger partial charge in [-0.25, -0.2) is 0 Å². The van der Waals surface area contributed by atoms with Crippen molar-refractivity contribution in [2.45, 2.75) is 113 Å². The molecule has 0 aliphatic heterocycles. The predicted octanol–water partition coefficient (Wildman–Crippen LogP) is 11.2. The third-order valence-corrected chi connectivity index (χ3v) is 7.00. The summed E-state index contributed by atoms with van der Waals surface area (Å²) < 4.78 is 5.21. The summed E-state index contributed by atoms with van der Waals surface area (Å²) in [5.41, 5.74) is 5.90. The zero-order valence-corrected chi connectivity index (χ0v) is 29.5. The molecule has 0 atom stereocenters. The Morgan fingerprint density at radius 2 is 1.07 bits per heavy atom. The molecule has 242 valence electrons. The Morgan fingerprint density at radius 3 is 1.55 bits per heavy atom. The minimum Gasteiger partial charge on any atom is -0.390 e. The third kappa shape index (κ3) is 23.2.